The molecule has 0 saturated carbocycles. The van der Waals surface area contributed by atoms with Gasteiger partial charge in [-0.25, -0.2) is 14.2 Å². The molecule has 180 valence electrons. The van der Waals surface area contributed by atoms with E-state index in [2.05, 4.69) is 0 Å². The van der Waals surface area contributed by atoms with Crippen molar-refractivity contribution in [2.24, 2.45) is 0 Å². The lowest BCUT2D eigenvalue weighted by atomic mass is 10.2. The van der Waals surface area contributed by atoms with Crippen LogP contribution >= 0.6 is 7.82 Å². The first-order chi connectivity index (χ1) is 16.0. The number of phosphoric ester groups is 1. The molecular formula is C24H31O8P. The molecule has 8 nitrogen and oxygen atoms in total. The van der Waals surface area contributed by atoms with Crippen molar-refractivity contribution in [1.29, 1.82) is 0 Å². The van der Waals surface area contributed by atoms with Gasteiger partial charge < -0.3 is 14.4 Å². The van der Waals surface area contributed by atoms with Gasteiger partial charge in [-0.1, -0.05) is 36.4 Å². The van der Waals surface area contributed by atoms with Crippen molar-refractivity contribution in [3.8, 4) is 0 Å². The van der Waals surface area contributed by atoms with E-state index in [0.29, 0.717) is 49.7 Å². The van der Waals surface area contributed by atoms with Crippen molar-refractivity contribution < 1.29 is 37.6 Å². The fourth-order valence-electron chi connectivity index (χ4n) is 2.80. The van der Waals surface area contributed by atoms with E-state index in [1.807, 2.05) is 12.1 Å². The number of unbranched alkanes of at least 4 members (excludes halogenated alkanes) is 4. The lowest BCUT2D eigenvalue weighted by Crippen LogP contribution is -2.06. The maximum Gasteiger partial charge on any atom is 0.472 e. The summed E-state index contributed by atoms with van der Waals surface area (Å²) in [6.45, 7) is 0.717. The Bertz CT molecular complexity index is 803. The number of phosphoric acid groups is 1. The third kappa shape index (κ3) is 11.8. The average Bonchev–Trinajstić information content (AvgIpc) is 2.83. The van der Waals surface area contributed by atoms with Crippen molar-refractivity contribution >= 4 is 19.8 Å². The topological polar surface area (TPSA) is 108 Å². The fraction of sp³-hybridized carbons (Fsp3) is 0.417. The highest BCUT2D eigenvalue weighted by atomic mass is 31.2. The smallest absolute Gasteiger partial charge is 0.462 e. The zero-order chi connectivity index (χ0) is 23.8. The molecule has 0 saturated heterocycles. The second-order valence-electron chi connectivity index (χ2n) is 7.26. The van der Waals surface area contributed by atoms with E-state index in [1.54, 1.807) is 48.5 Å². The van der Waals surface area contributed by atoms with Gasteiger partial charge in [0.05, 0.1) is 37.6 Å². The number of hydrogen-bond acceptors (Lipinski definition) is 7. The third-order valence-corrected chi connectivity index (χ3v) is 5.59. The first-order valence-electron chi connectivity index (χ1n) is 11.0. The number of carbonyl (C=O) groups excluding carboxylic acids is 2. The summed E-state index contributed by atoms with van der Waals surface area (Å²) in [4.78, 5) is 33.3. The van der Waals surface area contributed by atoms with Gasteiger partial charge in [-0.15, -0.1) is 0 Å². The van der Waals surface area contributed by atoms with Crippen LogP contribution < -0.4 is 0 Å². The summed E-state index contributed by atoms with van der Waals surface area (Å²) in [7, 11) is -4.09. The molecule has 0 aliphatic rings. The van der Waals surface area contributed by atoms with Gasteiger partial charge in [-0.05, 0) is 62.8 Å². The van der Waals surface area contributed by atoms with Crippen molar-refractivity contribution in [3.63, 3.8) is 0 Å². The predicted molar refractivity (Wildman–Crippen MR) is 123 cm³/mol. The van der Waals surface area contributed by atoms with Gasteiger partial charge in [0.25, 0.3) is 0 Å². The molecule has 0 aromatic heterocycles. The summed E-state index contributed by atoms with van der Waals surface area (Å²) in [6, 6.07) is 17.5. The Morgan fingerprint density at radius 2 is 0.970 bits per heavy atom. The van der Waals surface area contributed by atoms with E-state index in [1.165, 1.54) is 0 Å². The standard InChI is InChI=1S/C24H31O8P/c25-23(21-13-5-1-6-14-21)29-17-9-3-11-19-31-33(27,28)32-20-12-4-10-18-30-24(26)22-15-7-2-8-16-22/h1-2,5-8,13-16H,3-4,9-12,17-20H2,(H,27,28). The molecule has 2 rings (SSSR count). The highest BCUT2D eigenvalue weighted by Gasteiger charge is 2.20. The van der Waals surface area contributed by atoms with Crippen LogP contribution in [0.5, 0.6) is 0 Å². The molecule has 0 fully saturated rings. The zero-order valence-corrected chi connectivity index (χ0v) is 19.5. The molecule has 0 heterocycles. The van der Waals surface area contributed by atoms with E-state index in [-0.39, 0.29) is 38.4 Å². The van der Waals surface area contributed by atoms with E-state index in [0.717, 1.165) is 0 Å². The quantitative estimate of drug-likeness (QED) is 0.200. The predicted octanol–water partition coefficient (Wildman–Crippen LogP) is 5.17. The first kappa shape index (κ1) is 26.7. The Morgan fingerprint density at radius 3 is 1.36 bits per heavy atom. The monoisotopic (exact) mass is 478 g/mol. The number of rotatable bonds is 16. The lowest BCUT2D eigenvalue weighted by Gasteiger charge is -2.12. The summed E-state index contributed by atoms with van der Waals surface area (Å²) in [5, 5.41) is 0. The molecule has 0 aliphatic heterocycles. The number of carbonyl (C=O) groups is 2. The number of benzene rings is 2. The van der Waals surface area contributed by atoms with Gasteiger partial charge in [-0.2, -0.15) is 0 Å². The molecule has 0 spiro atoms. The van der Waals surface area contributed by atoms with Gasteiger partial charge in [-0.3, -0.25) is 9.05 Å². The zero-order valence-electron chi connectivity index (χ0n) is 18.6. The van der Waals surface area contributed by atoms with Crippen molar-refractivity contribution in [3.05, 3.63) is 71.8 Å². The van der Waals surface area contributed by atoms with Crippen molar-refractivity contribution in [2.45, 2.75) is 38.5 Å². The fourth-order valence-corrected chi connectivity index (χ4v) is 3.60. The van der Waals surface area contributed by atoms with Gasteiger partial charge in [0.1, 0.15) is 0 Å². The largest absolute Gasteiger partial charge is 0.472 e. The Morgan fingerprint density at radius 1 is 0.606 bits per heavy atom. The van der Waals surface area contributed by atoms with Gasteiger partial charge in [0, 0.05) is 0 Å². The van der Waals surface area contributed by atoms with E-state index in [4.69, 9.17) is 18.5 Å². The van der Waals surface area contributed by atoms with Crippen LogP contribution in [0.2, 0.25) is 0 Å². The number of esters is 2. The SMILES string of the molecule is O=C(OCCCCCOP(=O)(O)OCCCCCOC(=O)c1ccccc1)c1ccccc1. The normalized spacial score (nSPS) is 11.2. The maximum atomic E-state index is 11.9. The minimum absolute atomic E-state index is 0.0792. The van der Waals surface area contributed by atoms with E-state index >= 15 is 0 Å². The summed E-state index contributed by atoms with van der Waals surface area (Å²) in [5.41, 5.74) is 1.01. The van der Waals surface area contributed by atoms with E-state index < -0.39 is 7.82 Å². The number of ether oxygens (including phenoxy) is 2. The van der Waals surface area contributed by atoms with Crippen LogP contribution in [0.4, 0.5) is 0 Å². The molecule has 2 aromatic rings. The summed E-state index contributed by atoms with van der Waals surface area (Å²) in [6.07, 6.45) is 3.72. The molecule has 2 aromatic carbocycles. The van der Waals surface area contributed by atoms with Crippen LogP contribution in [0.15, 0.2) is 60.7 Å². The highest BCUT2D eigenvalue weighted by Crippen LogP contribution is 2.43. The molecule has 0 unspecified atom stereocenters. The Labute approximate surface area is 194 Å². The molecule has 0 radical (unpaired) electrons. The first-order valence-corrected chi connectivity index (χ1v) is 12.5. The van der Waals surface area contributed by atoms with Crippen molar-refractivity contribution in [2.75, 3.05) is 26.4 Å². The molecule has 0 amide bonds. The highest BCUT2D eigenvalue weighted by molar-refractivity contribution is 7.47. The van der Waals surface area contributed by atoms with Gasteiger partial charge in [0.2, 0.25) is 0 Å². The minimum atomic E-state index is -4.09. The molecule has 0 bridgehead atoms. The molecule has 0 aliphatic carbocycles. The minimum Gasteiger partial charge on any atom is -0.462 e. The van der Waals surface area contributed by atoms with Gasteiger partial charge >= 0.3 is 19.8 Å². The Balaban J connectivity index is 1.42. The van der Waals surface area contributed by atoms with Crippen LogP contribution in [0.1, 0.15) is 59.2 Å². The van der Waals surface area contributed by atoms with Crippen LogP contribution in [0.3, 0.4) is 0 Å². The van der Waals surface area contributed by atoms with E-state index in [9.17, 15) is 19.0 Å². The second-order valence-corrected chi connectivity index (χ2v) is 8.71. The molecular weight excluding hydrogens is 447 g/mol. The Hall–Kier alpha value is -2.51. The third-order valence-electron chi connectivity index (χ3n) is 4.57. The van der Waals surface area contributed by atoms with Gasteiger partial charge in [0.15, 0.2) is 0 Å². The van der Waals surface area contributed by atoms with Crippen LogP contribution in [-0.4, -0.2) is 43.3 Å². The van der Waals surface area contributed by atoms with Crippen LogP contribution in [-0.2, 0) is 23.1 Å². The lowest BCUT2D eigenvalue weighted by molar-refractivity contribution is 0.0488. The summed E-state index contributed by atoms with van der Waals surface area (Å²) in [5.74, 6) is -0.732. The Kier molecular flexibility index (Phi) is 12.4. The second kappa shape index (κ2) is 15.3. The maximum absolute atomic E-state index is 11.9. The summed E-state index contributed by atoms with van der Waals surface area (Å²) < 4.78 is 32.1. The summed E-state index contributed by atoms with van der Waals surface area (Å²) >= 11 is 0. The van der Waals surface area contributed by atoms with Crippen molar-refractivity contribution in [1.82, 2.24) is 0 Å². The van der Waals surface area contributed by atoms with Crippen LogP contribution in [0.25, 0.3) is 0 Å². The average molecular weight is 478 g/mol. The molecule has 9 heteroatoms. The number of hydrogen-bond donors (Lipinski definition) is 1. The molecule has 33 heavy (non-hydrogen) atoms. The molecule has 0 atom stereocenters. The molecule has 1 N–H and O–H groups in total. The van der Waals surface area contributed by atoms with Crippen LogP contribution in [0, 0.1) is 0 Å².